The van der Waals surface area contributed by atoms with Gasteiger partial charge in [-0.2, -0.15) is 0 Å². The number of piperazine rings is 1. The number of nitro groups is 1. The van der Waals surface area contributed by atoms with E-state index >= 15 is 0 Å². The molecule has 2 aromatic rings. The molecule has 10 nitrogen and oxygen atoms in total. The van der Waals surface area contributed by atoms with E-state index in [4.69, 9.17) is 4.74 Å². The molecule has 1 atom stereocenters. The molecule has 1 aromatic heterocycles. The van der Waals surface area contributed by atoms with Gasteiger partial charge >= 0.3 is 0 Å². The number of nitrogens with zero attached hydrogens (tertiary/aromatic N) is 4. The number of amides is 2. The van der Waals surface area contributed by atoms with E-state index in [0.717, 1.165) is 12.8 Å². The molecule has 3 heterocycles. The molecule has 11 heteroatoms. The smallest absolute Gasteiger partial charge is 0.270 e. The monoisotopic (exact) mass is 445 g/mol. The lowest BCUT2D eigenvalue weighted by atomic mass is 10.1. The number of aromatic nitrogens is 1. The topological polar surface area (TPSA) is 118 Å². The maximum Gasteiger partial charge on any atom is 0.270 e. The standard InChI is InChI=1S/C20H23N5O5S/c26-18(12-23-6-8-24(9-7-23)19(27)17-5-2-10-30-17)22-20-21-16(13-31-20)14-3-1-4-15(11-14)25(28)29/h1,3-4,11,13,17H,2,5-10,12H2,(H,21,22,26). The molecule has 2 amide bonds. The van der Waals surface area contributed by atoms with Gasteiger partial charge in [0.1, 0.15) is 6.10 Å². The number of benzene rings is 1. The Bertz CT molecular complexity index is 966. The average molecular weight is 446 g/mol. The molecule has 0 radical (unpaired) electrons. The minimum absolute atomic E-state index is 0.00629. The van der Waals surface area contributed by atoms with Crippen LogP contribution < -0.4 is 5.32 Å². The maximum absolute atomic E-state index is 12.4. The summed E-state index contributed by atoms with van der Waals surface area (Å²) in [4.78, 5) is 43.5. The van der Waals surface area contributed by atoms with E-state index in [0.29, 0.717) is 49.2 Å². The summed E-state index contributed by atoms with van der Waals surface area (Å²) in [6.45, 7) is 3.29. The van der Waals surface area contributed by atoms with Crippen LogP contribution in [0.2, 0.25) is 0 Å². The Hall–Kier alpha value is -2.89. The highest BCUT2D eigenvalue weighted by Crippen LogP contribution is 2.27. The number of hydrogen-bond acceptors (Lipinski definition) is 8. The van der Waals surface area contributed by atoms with Crippen LogP contribution in [0.5, 0.6) is 0 Å². The van der Waals surface area contributed by atoms with Gasteiger partial charge < -0.3 is 15.0 Å². The lowest BCUT2D eigenvalue weighted by Crippen LogP contribution is -2.52. The van der Waals surface area contributed by atoms with Gasteiger partial charge in [0.25, 0.3) is 11.6 Å². The zero-order valence-corrected chi connectivity index (χ0v) is 17.7. The van der Waals surface area contributed by atoms with Gasteiger partial charge in [0.05, 0.1) is 17.2 Å². The van der Waals surface area contributed by atoms with Crippen molar-refractivity contribution in [3.63, 3.8) is 0 Å². The summed E-state index contributed by atoms with van der Waals surface area (Å²) in [6, 6.07) is 6.23. The van der Waals surface area contributed by atoms with Crippen LogP contribution in [0.3, 0.4) is 0 Å². The largest absolute Gasteiger partial charge is 0.368 e. The molecule has 4 rings (SSSR count). The fourth-order valence-corrected chi connectivity index (χ4v) is 4.44. The third-order valence-electron chi connectivity index (χ3n) is 5.36. The number of carbonyl (C=O) groups excluding carboxylic acids is 2. The summed E-state index contributed by atoms with van der Waals surface area (Å²) in [5.41, 5.74) is 1.19. The molecule has 0 aliphatic carbocycles. The Kier molecular flexibility index (Phi) is 6.54. The first kappa shape index (κ1) is 21.3. The van der Waals surface area contributed by atoms with Gasteiger partial charge in [-0.1, -0.05) is 12.1 Å². The van der Waals surface area contributed by atoms with Crippen molar-refractivity contribution in [2.75, 3.05) is 44.6 Å². The quantitative estimate of drug-likeness (QED) is 0.533. The van der Waals surface area contributed by atoms with Crippen molar-refractivity contribution in [3.8, 4) is 11.3 Å². The Labute approximate surface area is 183 Å². The number of non-ortho nitro benzene ring substituents is 1. The van der Waals surface area contributed by atoms with Gasteiger partial charge in [0.15, 0.2) is 5.13 Å². The van der Waals surface area contributed by atoms with Crippen LogP contribution in [-0.2, 0) is 14.3 Å². The summed E-state index contributed by atoms with van der Waals surface area (Å²) < 4.78 is 5.47. The zero-order chi connectivity index (χ0) is 21.8. The normalized spacial score (nSPS) is 19.4. The van der Waals surface area contributed by atoms with Gasteiger partial charge in [-0.15, -0.1) is 11.3 Å². The number of anilines is 1. The van der Waals surface area contributed by atoms with Crippen LogP contribution in [0, 0.1) is 10.1 Å². The molecule has 2 aliphatic rings. The van der Waals surface area contributed by atoms with E-state index in [1.54, 1.807) is 17.5 Å². The predicted octanol–water partition coefficient (Wildman–Crippen LogP) is 1.98. The highest BCUT2D eigenvalue weighted by molar-refractivity contribution is 7.14. The minimum atomic E-state index is -0.452. The second-order valence-electron chi connectivity index (χ2n) is 7.50. The van der Waals surface area contributed by atoms with Crippen molar-refractivity contribution in [2.45, 2.75) is 18.9 Å². The SMILES string of the molecule is O=C(CN1CCN(C(=O)C2CCCO2)CC1)Nc1nc(-c2cccc([N+](=O)[O-])c2)cs1. The molecule has 1 unspecified atom stereocenters. The molecule has 164 valence electrons. The Balaban J connectivity index is 1.27. The van der Waals surface area contributed by atoms with E-state index in [9.17, 15) is 19.7 Å². The zero-order valence-electron chi connectivity index (χ0n) is 16.9. The molecule has 2 saturated heterocycles. The van der Waals surface area contributed by atoms with Crippen molar-refractivity contribution in [1.82, 2.24) is 14.8 Å². The average Bonchev–Trinajstić information content (AvgIpc) is 3.46. The highest BCUT2D eigenvalue weighted by atomic mass is 32.1. The summed E-state index contributed by atoms with van der Waals surface area (Å²) in [7, 11) is 0. The van der Waals surface area contributed by atoms with E-state index in [1.807, 2.05) is 9.80 Å². The summed E-state index contributed by atoms with van der Waals surface area (Å²) in [5.74, 6) is -0.128. The lowest BCUT2D eigenvalue weighted by Gasteiger charge is -2.35. The Morgan fingerprint density at radius 3 is 2.81 bits per heavy atom. The molecule has 0 saturated carbocycles. The minimum Gasteiger partial charge on any atom is -0.368 e. The molecule has 31 heavy (non-hydrogen) atoms. The first-order chi connectivity index (χ1) is 15.0. The second kappa shape index (κ2) is 9.50. The first-order valence-corrected chi connectivity index (χ1v) is 11.0. The van der Waals surface area contributed by atoms with Gasteiger partial charge in [-0.05, 0) is 12.8 Å². The van der Waals surface area contributed by atoms with Crippen molar-refractivity contribution in [3.05, 3.63) is 39.8 Å². The molecule has 1 N–H and O–H groups in total. The van der Waals surface area contributed by atoms with E-state index < -0.39 is 4.92 Å². The van der Waals surface area contributed by atoms with Crippen molar-refractivity contribution in [2.24, 2.45) is 0 Å². The van der Waals surface area contributed by atoms with E-state index in [2.05, 4.69) is 10.3 Å². The molecule has 0 bridgehead atoms. The van der Waals surface area contributed by atoms with Crippen LogP contribution in [-0.4, -0.2) is 77.0 Å². The number of rotatable bonds is 6. The number of carbonyl (C=O) groups is 2. The Morgan fingerprint density at radius 1 is 1.29 bits per heavy atom. The molecular formula is C20H23N5O5S. The number of nitro benzene ring substituents is 1. The molecule has 2 fully saturated rings. The Morgan fingerprint density at radius 2 is 2.10 bits per heavy atom. The predicted molar refractivity (Wildman–Crippen MR) is 115 cm³/mol. The van der Waals surface area contributed by atoms with Crippen LogP contribution in [0.4, 0.5) is 10.8 Å². The van der Waals surface area contributed by atoms with E-state index in [-0.39, 0.29) is 30.2 Å². The van der Waals surface area contributed by atoms with Crippen molar-refractivity contribution in [1.29, 1.82) is 0 Å². The van der Waals surface area contributed by atoms with Crippen LogP contribution in [0.15, 0.2) is 29.6 Å². The number of ether oxygens (including phenoxy) is 1. The molecular weight excluding hydrogens is 422 g/mol. The van der Waals surface area contributed by atoms with Gasteiger partial charge in [0, 0.05) is 55.9 Å². The third-order valence-corrected chi connectivity index (χ3v) is 6.12. The lowest BCUT2D eigenvalue weighted by molar-refractivity contribution is -0.384. The van der Waals surface area contributed by atoms with E-state index in [1.165, 1.54) is 23.5 Å². The van der Waals surface area contributed by atoms with Gasteiger partial charge in [-0.25, -0.2) is 4.98 Å². The molecule has 1 aromatic carbocycles. The van der Waals surface area contributed by atoms with Crippen LogP contribution in [0.25, 0.3) is 11.3 Å². The number of hydrogen-bond donors (Lipinski definition) is 1. The summed E-state index contributed by atoms with van der Waals surface area (Å²) >= 11 is 1.27. The van der Waals surface area contributed by atoms with Crippen LogP contribution >= 0.6 is 11.3 Å². The maximum atomic E-state index is 12.4. The second-order valence-corrected chi connectivity index (χ2v) is 8.35. The fraction of sp³-hybridized carbons (Fsp3) is 0.450. The van der Waals surface area contributed by atoms with Gasteiger partial charge in [0.2, 0.25) is 5.91 Å². The number of thiazole rings is 1. The molecule has 0 spiro atoms. The summed E-state index contributed by atoms with van der Waals surface area (Å²) in [5, 5.41) is 15.9. The van der Waals surface area contributed by atoms with Crippen molar-refractivity contribution >= 4 is 34.0 Å². The van der Waals surface area contributed by atoms with Gasteiger partial charge in [-0.3, -0.25) is 24.6 Å². The van der Waals surface area contributed by atoms with Crippen LogP contribution in [0.1, 0.15) is 12.8 Å². The molecule has 2 aliphatic heterocycles. The highest BCUT2D eigenvalue weighted by Gasteiger charge is 2.30. The van der Waals surface area contributed by atoms with Crippen molar-refractivity contribution < 1.29 is 19.2 Å². The number of nitrogens with one attached hydrogen (secondary N) is 1. The third kappa shape index (κ3) is 5.24. The fourth-order valence-electron chi connectivity index (χ4n) is 3.71. The summed E-state index contributed by atoms with van der Waals surface area (Å²) in [6.07, 6.45) is 1.41. The first-order valence-electron chi connectivity index (χ1n) is 10.1.